The monoisotopic (exact) mass is 371 g/mol. The van der Waals surface area contributed by atoms with Crippen LogP contribution in [0.25, 0.3) is 10.1 Å². The van der Waals surface area contributed by atoms with Gasteiger partial charge in [0.05, 0.1) is 11.3 Å². The SMILES string of the molecule is NC(=O)CCCN1CCN(c2csc3cc(C(F)(F)F)ccc23)CC1. The largest absolute Gasteiger partial charge is 0.416 e. The third kappa shape index (κ3) is 4.24. The molecule has 1 aliphatic heterocycles. The summed E-state index contributed by atoms with van der Waals surface area (Å²) >= 11 is 1.35. The van der Waals surface area contributed by atoms with Gasteiger partial charge in [-0.15, -0.1) is 11.3 Å². The van der Waals surface area contributed by atoms with Crippen LogP contribution in [-0.4, -0.2) is 43.5 Å². The van der Waals surface area contributed by atoms with E-state index in [1.807, 2.05) is 5.38 Å². The number of fused-ring (bicyclic) bond motifs is 1. The number of primary amides is 1. The molecule has 2 heterocycles. The number of hydrogen-bond acceptors (Lipinski definition) is 4. The van der Waals surface area contributed by atoms with Gasteiger partial charge in [0.2, 0.25) is 5.91 Å². The van der Waals surface area contributed by atoms with Gasteiger partial charge in [-0.3, -0.25) is 9.69 Å². The molecule has 0 radical (unpaired) electrons. The lowest BCUT2D eigenvalue weighted by Gasteiger charge is -2.35. The van der Waals surface area contributed by atoms with Crippen LogP contribution in [0.3, 0.4) is 0 Å². The van der Waals surface area contributed by atoms with Crippen molar-refractivity contribution in [1.82, 2.24) is 4.90 Å². The van der Waals surface area contributed by atoms with Crippen molar-refractivity contribution in [3.63, 3.8) is 0 Å². The van der Waals surface area contributed by atoms with E-state index in [1.165, 1.54) is 17.4 Å². The molecule has 0 saturated carbocycles. The molecule has 1 fully saturated rings. The van der Waals surface area contributed by atoms with Crippen LogP contribution in [0.1, 0.15) is 18.4 Å². The molecular formula is C17H20F3N3OS. The molecule has 0 unspecified atom stereocenters. The predicted molar refractivity (Wildman–Crippen MR) is 93.9 cm³/mol. The van der Waals surface area contributed by atoms with Crippen molar-refractivity contribution in [2.24, 2.45) is 5.73 Å². The second kappa shape index (κ2) is 7.21. The number of nitrogens with two attached hydrogens (primary N) is 1. The van der Waals surface area contributed by atoms with E-state index in [1.54, 1.807) is 6.07 Å². The van der Waals surface area contributed by atoms with Crippen molar-refractivity contribution < 1.29 is 18.0 Å². The molecule has 1 amide bonds. The third-order valence-electron chi connectivity index (χ3n) is 4.49. The van der Waals surface area contributed by atoms with E-state index in [0.29, 0.717) is 11.1 Å². The van der Waals surface area contributed by atoms with Crippen molar-refractivity contribution in [2.45, 2.75) is 19.0 Å². The van der Waals surface area contributed by atoms with Crippen LogP contribution in [0.15, 0.2) is 23.6 Å². The van der Waals surface area contributed by atoms with Gasteiger partial charge >= 0.3 is 6.18 Å². The number of piperazine rings is 1. The topological polar surface area (TPSA) is 49.6 Å². The van der Waals surface area contributed by atoms with Crippen LogP contribution in [0.2, 0.25) is 0 Å². The maximum Gasteiger partial charge on any atom is 0.416 e. The molecule has 25 heavy (non-hydrogen) atoms. The number of thiophene rings is 1. The highest BCUT2D eigenvalue weighted by atomic mass is 32.1. The Hall–Kier alpha value is -1.80. The van der Waals surface area contributed by atoms with Crippen molar-refractivity contribution >= 4 is 33.0 Å². The fourth-order valence-electron chi connectivity index (χ4n) is 3.12. The Morgan fingerprint density at radius 2 is 1.92 bits per heavy atom. The summed E-state index contributed by atoms with van der Waals surface area (Å²) in [6.45, 7) is 4.23. The van der Waals surface area contributed by atoms with E-state index in [-0.39, 0.29) is 5.91 Å². The molecular weight excluding hydrogens is 351 g/mol. The minimum atomic E-state index is -4.31. The highest BCUT2D eigenvalue weighted by molar-refractivity contribution is 7.17. The lowest BCUT2D eigenvalue weighted by Crippen LogP contribution is -2.46. The summed E-state index contributed by atoms with van der Waals surface area (Å²) in [7, 11) is 0. The summed E-state index contributed by atoms with van der Waals surface area (Å²) in [5, 5.41) is 2.81. The first-order chi connectivity index (χ1) is 11.8. The minimum Gasteiger partial charge on any atom is -0.370 e. The quantitative estimate of drug-likeness (QED) is 0.877. The molecule has 2 N–H and O–H groups in total. The van der Waals surface area contributed by atoms with Crippen LogP contribution in [0, 0.1) is 0 Å². The van der Waals surface area contributed by atoms with Gasteiger partial charge in [0.15, 0.2) is 0 Å². The molecule has 3 rings (SSSR count). The second-order valence-corrected chi connectivity index (χ2v) is 7.14. The molecule has 0 spiro atoms. The number of hydrogen-bond donors (Lipinski definition) is 1. The predicted octanol–water partition coefficient (Wildman–Crippen LogP) is 3.31. The molecule has 8 heteroatoms. The Morgan fingerprint density at radius 1 is 1.20 bits per heavy atom. The Kier molecular flexibility index (Phi) is 5.19. The number of amides is 1. The van der Waals surface area contributed by atoms with Crippen molar-refractivity contribution in [3.8, 4) is 0 Å². The van der Waals surface area contributed by atoms with E-state index in [0.717, 1.165) is 56.3 Å². The normalized spacial score (nSPS) is 16.5. The summed E-state index contributed by atoms with van der Waals surface area (Å²) in [5.41, 5.74) is 5.55. The van der Waals surface area contributed by atoms with Gasteiger partial charge in [-0.25, -0.2) is 0 Å². The standard InChI is InChI=1S/C17H20F3N3OS/c18-17(19,20)12-3-4-13-14(11-25-15(13)10-12)23-8-6-22(7-9-23)5-1-2-16(21)24/h3-4,10-11H,1-2,5-9H2,(H2,21,24). The molecule has 0 aliphatic carbocycles. The minimum absolute atomic E-state index is 0.276. The Morgan fingerprint density at radius 3 is 2.56 bits per heavy atom. The number of carbonyl (C=O) groups excluding carboxylic acids is 1. The van der Waals surface area contributed by atoms with Crippen LogP contribution < -0.4 is 10.6 Å². The smallest absolute Gasteiger partial charge is 0.370 e. The van der Waals surface area contributed by atoms with Gasteiger partial charge in [0.25, 0.3) is 0 Å². The second-order valence-electron chi connectivity index (χ2n) is 6.23. The Bertz CT molecular complexity index is 751. The summed E-state index contributed by atoms with van der Waals surface area (Å²) in [6, 6.07) is 3.95. The molecule has 4 nitrogen and oxygen atoms in total. The lowest BCUT2D eigenvalue weighted by atomic mass is 10.1. The van der Waals surface area contributed by atoms with Gasteiger partial charge in [-0.05, 0) is 25.1 Å². The Labute approximate surface area is 148 Å². The van der Waals surface area contributed by atoms with Gasteiger partial charge < -0.3 is 10.6 Å². The number of carbonyl (C=O) groups is 1. The van der Waals surface area contributed by atoms with E-state index in [4.69, 9.17) is 5.73 Å². The van der Waals surface area contributed by atoms with Crippen LogP contribution in [-0.2, 0) is 11.0 Å². The molecule has 1 aliphatic rings. The fourth-order valence-corrected chi connectivity index (χ4v) is 4.13. The zero-order valence-electron chi connectivity index (χ0n) is 13.7. The number of halogens is 3. The zero-order chi connectivity index (χ0) is 18.0. The van der Waals surface area contributed by atoms with E-state index < -0.39 is 11.7 Å². The number of nitrogens with zero attached hydrogens (tertiary/aromatic N) is 2. The van der Waals surface area contributed by atoms with Crippen LogP contribution in [0.5, 0.6) is 0 Å². The zero-order valence-corrected chi connectivity index (χ0v) is 14.5. The van der Waals surface area contributed by atoms with Gasteiger partial charge in [0, 0.05) is 48.1 Å². The van der Waals surface area contributed by atoms with Crippen molar-refractivity contribution in [3.05, 3.63) is 29.1 Å². The molecule has 0 atom stereocenters. The highest BCUT2D eigenvalue weighted by Crippen LogP contribution is 2.38. The Balaban J connectivity index is 1.64. The molecule has 2 aromatic rings. The van der Waals surface area contributed by atoms with E-state index in [2.05, 4.69) is 9.80 Å². The van der Waals surface area contributed by atoms with E-state index >= 15 is 0 Å². The lowest BCUT2D eigenvalue weighted by molar-refractivity contribution is -0.137. The third-order valence-corrected chi connectivity index (χ3v) is 5.43. The van der Waals surface area contributed by atoms with Gasteiger partial charge in [0.1, 0.15) is 0 Å². The van der Waals surface area contributed by atoms with Gasteiger partial charge in [-0.1, -0.05) is 6.07 Å². The first-order valence-corrected chi connectivity index (χ1v) is 9.06. The number of alkyl halides is 3. The number of benzene rings is 1. The fraction of sp³-hybridized carbons (Fsp3) is 0.471. The van der Waals surface area contributed by atoms with E-state index in [9.17, 15) is 18.0 Å². The molecule has 136 valence electrons. The average Bonchev–Trinajstić information content (AvgIpc) is 2.97. The maximum absolute atomic E-state index is 12.8. The summed E-state index contributed by atoms with van der Waals surface area (Å²) in [5.74, 6) is -0.276. The summed E-state index contributed by atoms with van der Waals surface area (Å²) in [6.07, 6.45) is -3.15. The van der Waals surface area contributed by atoms with Crippen LogP contribution in [0.4, 0.5) is 18.9 Å². The maximum atomic E-state index is 12.8. The molecule has 0 bridgehead atoms. The first-order valence-electron chi connectivity index (χ1n) is 8.18. The van der Waals surface area contributed by atoms with Crippen LogP contribution >= 0.6 is 11.3 Å². The number of rotatable bonds is 5. The van der Waals surface area contributed by atoms with Gasteiger partial charge in [-0.2, -0.15) is 13.2 Å². The summed E-state index contributed by atoms with van der Waals surface area (Å²) in [4.78, 5) is 15.3. The molecule has 1 aromatic carbocycles. The van der Waals surface area contributed by atoms with Crippen molar-refractivity contribution in [1.29, 1.82) is 0 Å². The summed E-state index contributed by atoms with van der Waals surface area (Å²) < 4.78 is 39.2. The number of anilines is 1. The molecule has 1 saturated heterocycles. The average molecular weight is 371 g/mol. The highest BCUT2D eigenvalue weighted by Gasteiger charge is 2.31. The molecule has 1 aromatic heterocycles. The van der Waals surface area contributed by atoms with Crippen molar-refractivity contribution in [2.75, 3.05) is 37.6 Å². The first kappa shape index (κ1) is 18.0.